The second kappa shape index (κ2) is 6.68. The predicted molar refractivity (Wildman–Crippen MR) is 93.8 cm³/mol. The van der Waals surface area contributed by atoms with E-state index >= 15 is 0 Å². The number of rotatable bonds is 2. The Morgan fingerprint density at radius 2 is 1.88 bits per heavy atom. The number of halogens is 5. The maximum Gasteiger partial charge on any atom is 0.431 e. The Balaban J connectivity index is 2.08. The van der Waals surface area contributed by atoms with Gasteiger partial charge in [-0.15, -0.1) is 0 Å². The molecule has 0 fully saturated rings. The minimum atomic E-state index is -4.77. The number of hydrogen-bond acceptors (Lipinski definition) is 3. The molecule has 0 aliphatic carbocycles. The van der Waals surface area contributed by atoms with E-state index in [2.05, 4.69) is 21.0 Å². The van der Waals surface area contributed by atoms with Gasteiger partial charge in [-0.3, -0.25) is 4.79 Å². The molecule has 0 bridgehead atoms. The average Bonchev–Trinajstić information content (AvgIpc) is 2.94. The van der Waals surface area contributed by atoms with Crippen molar-refractivity contribution in [2.75, 3.05) is 0 Å². The van der Waals surface area contributed by atoms with Gasteiger partial charge in [0.2, 0.25) is 0 Å². The standard InChI is InChI=1S/C17H11BrClF3N2O2/c18-12-3-1-2-10(8-12)15(25)24-16(26,9-14(23-24)17(20,21)22)11-4-6-13(19)7-5-11/h1-8,26H,9H2/t16-/m0/s1. The number of benzene rings is 2. The molecule has 0 saturated heterocycles. The van der Waals surface area contributed by atoms with Gasteiger partial charge in [0.1, 0.15) is 5.71 Å². The van der Waals surface area contributed by atoms with Crippen molar-refractivity contribution in [3.8, 4) is 0 Å². The highest BCUT2D eigenvalue weighted by atomic mass is 79.9. The molecule has 26 heavy (non-hydrogen) atoms. The zero-order valence-electron chi connectivity index (χ0n) is 13.0. The number of nitrogens with zero attached hydrogens (tertiary/aromatic N) is 2. The van der Waals surface area contributed by atoms with Crippen molar-refractivity contribution >= 4 is 39.1 Å². The van der Waals surface area contributed by atoms with Crippen LogP contribution in [0.15, 0.2) is 58.1 Å². The van der Waals surface area contributed by atoms with Crippen LogP contribution in [0.4, 0.5) is 13.2 Å². The van der Waals surface area contributed by atoms with Gasteiger partial charge >= 0.3 is 6.18 Å². The first-order valence-electron chi connectivity index (χ1n) is 7.34. The van der Waals surface area contributed by atoms with Crippen molar-refractivity contribution in [2.24, 2.45) is 5.10 Å². The molecule has 136 valence electrons. The average molecular weight is 448 g/mol. The summed E-state index contributed by atoms with van der Waals surface area (Å²) < 4.78 is 40.1. The summed E-state index contributed by atoms with van der Waals surface area (Å²) in [5.74, 6) is -0.858. The first kappa shape index (κ1) is 18.9. The van der Waals surface area contributed by atoms with Gasteiger partial charge in [-0.1, -0.05) is 45.7 Å². The molecule has 2 aromatic carbocycles. The number of alkyl halides is 3. The second-order valence-electron chi connectivity index (χ2n) is 5.67. The quantitative estimate of drug-likeness (QED) is 0.725. The summed E-state index contributed by atoms with van der Waals surface area (Å²) in [7, 11) is 0. The number of carbonyl (C=O) groups excluding carboxylic acids is 1. The first-order chi connectivity index (χ1) is 12.1. The van der Waals surface area contributed by atoms with E-state index in [-0.39, 0.29) is 11.1 Å². The maximum absolute atomic E-state index is 13.2. The van der Waals surface area contributed by atoms with Crippen LogP contribution in [0.5, 0.6) is 0 Å². The summed E-state index contributed by atoms with van der Waals surface area (Å²) in [6.45, 7) is 0. The lowest BCUT2D eigenvalue weighted by atomic mass is 9.96. The van der Waals surface area contributed by atoms with E-state index < -0.39 is 29.9 Å². The van der Waals surface area contributed by atoms with Gasteiger partial charge in [-0.05, 0) is 30.3 Å². The largest absolute Gasteiger partial charge is 0.431 e. The van der Waals surface area contributed by atoms with Crippen LogP contribution in [0.2, 0.25) is 5.02 Å². The van der Waals surface area contributed by atoms with Crippen molar-refractivity contribution in [3.63, 3.8) is 0 Å². The zero-order chi connectivity index (χ0) is 19.1. The summed E-state index contributed by atoms with van der Waals surface area (Å²) in [5.41, 5.74) is -3.35. The van der Waals surface area contributed by atoms with Crippen LogP contribution in [0.1, 0.15) is 22.3 Å². The lowest BCUT2D eigenvalue weighted by Crippen LogP contribution is -2.43. The fraction of sp³-hybridized carbons (Fsp3) is 0.176. The van der Waals surface area contributed by atoms with Crippen molar-refractivity contribution in [3.05, 3.63) is 69.2 Å². The summed E-state index contributed by atoms with van der Waals surface area (Å²) in [6.07, 6.45) is -5.65. The third-order valence-electron chi connectivity index (χ3n) is 3.88. The fourth-order valence-corrected chi connectivity index (χ4v) is 3.13. The van der Waals surface area contributed by atoms with Crippen LogP contribution in [0.3, 0.4) is 0 Å². The smallest absolute Gasteiger partial charge is 0.365 e. The number of hydrogen-bond donors (Lipinski definition) is 1. The molecule has 0 saturated carbocycles. The Hall–Kier alpha value is -1.90. The minimum Gasteiger partial charge on any atom is -0.365 e. The van der Waals surface area contributed by atoms with Gasteiger partial charge in [0.05, 0.1) is 6.42 Å². The zero-order valence-corrected chi connectivity index (χ0v) is 15.3. The summed E-state index contributed by atoms with van der Waals surface area (Å²) in [4.78, 5) is 12.8. The lowest BCUT2D eigenvalue weighted by Gasteiger charge is -2.31. The molecule has 1 atom stereocenters. The monoisotopic (exact) mass is 446 g/mol. The molecule has 1 heterocycles. The number of carbonyl (C=O) groups is 1. The van der Waals surface area contributed by atoms with Crippen molar-refractivity contribution in [1.82, 2.24) is 5.01 Å². The molecule has 0 spiro atoms. The summed E-state index contributed by atoms with van der Waals surface area (Å²) >= 11 is 9.00. The molecule has 0 radical (unpaired) electrons. The van der Waals surface area contributed by atoms with Crippen LogP contribution in [0, 0.1) is 0 Å². The molecule has 1 amide bonds. The van der Waals surface area contributed by atoms with Crippen LogP contribution in [0.25, 0.3) is 0 Å². The Labute approximate surface area is 160 Å². The van der Waals surface area contributed by atoms with E-state index in [9.17, 15) is 23.1 Å². The van der Waals surface area contributed by atoms with Crippen LogP contribution in [-0.4, -0.2) is 27.9 Å². The van der Waals surface area contributed by atoms with Gasteiger partial charge in [-0.25, -0.2) is 0 Å². The number of hydrazone groups is 1. The van der Waals surface area contributed by atoms with Gasteiger partial charge in [0.15, 0.2) is 5.72 Å². The molecule has 1 aliphatic heterocycles. The molecular formula is C17H11BrClF3N2O2. The first-order valence-corrected chi connectivity index (χ1v) is 8.51. The van der Waals surface area contributed by atoms with Crippen LogP contribution < -0.4 is 0 Å². The highest BCUT2D eigenvalue weighted by Gasteiger charge is 2.53. The highest BCUT2D eigenvalue weighted by Crippen LogP contribution is 2.40. The molecule has 4 nitrogen and oxygen atoms in total. The molecule has 3 rings (SSSR count). The Bertz CT molecular complexity index is 886. The predicted octanol–water partition coefficient (Wildman–Crippen LogP) is 4.71. The van der Waals surface area contributed by atoms with Gasteiger partial charge in [-0.2, -0.15) is 23.3 Å². The fourth-order valence-electron chi connectivity index (χ4n) is 2.60. The summed E-state index contributed by atoms with van der Waals surface area (Å²) in [6, 6.07) is 11.6. The molecule has 1 aliphatic rings. The Morgan fingerprint density at radius 3 is 2.46 bits per heavy atom. The lowest BCUT2D eigenvalue weighted by molar-refractivity contribution is -0.0816. The Kier molecular flexibility index (Phi) is 4.85. The summed E-state index contributed by atoms with van der Waals surface area (Å²) in [5, 5.41) is 15.2. The van der Waals surface area contributed by atoms with E-state index in [1.807, 2.05) is 0 Å². The van der Waals surface area contributed by atoms with Crippen molar-refractivity contribution in [2.45, 2.75) is 18.3 Å². The van der Waals surface area contributed by atoms with E-state index in [4.69, 9.17) is 11.6 Å². The van der Waals surface area contributed by atoms with Gasteiger partial charge in [0.25, 0.3) is 5.91 Å². The molecule has 9 heteroatoms. The van der Waals surface area contributed by atoms with Gasteiger partial charge in [0, 0.05) is 20.6 Å². The molecule has 0 unspecified atom stereocenters. The maximum atomic E-state index is 13.2. The number of amides is 1. The topological polar surface area (TPSA) is 52.9 Å². The van der Waals surface area contributed by atoms with E-state index in [1.54, 1.807) is 12.1 Å². The van der Waals surface area contributed by atoms with E-state index in [0.29, 0.717) is 14.5 Å². The third kappa shape index (κ3) is 3.49. The highest BCUT2D eigenvalue weighted by molar-refractivity contribution is 9.10. The van der Waals surface area contributed by atoms with Crippen LogP contribution in [-0.2, 0) is 5.72 Å². The molecule has 2 aromatic rings. The van der Waals surface area contributed by atoms with Crippen molar-refractivity contribution < 1.29 is 23.1 Å². The normalized spacial score (nSPS) is 20.2. The Morgan fingerprint density at radius 1 is 1.23 bits per heavy atom. The van der Waals surface area contributed by atoms with E-state index in [0.717, 1.165) is 0 Å². The molecule has 1 N–H and O–H groups in total. The van der Waals surface area contributed by atoms with Crippen LogP contribution >= 0.6 is 27.5 Å². The molecule has 0 aromatic heterocycles. The molecular weight excluding hydrogens is 437 g/mol. The van der Waals surface area contributed by atoms with E-state index in [1.165, 1.54) is 36.4 Å². The van der Waals surface area contributed by atoms with Crippen molar-refractivity contribution in [1.29, 1.82) is 0 Å². The SMILES string of the molecule is O=C(c1cccc(Br)c1)N1N=C(C(F)(F)F)C[C@]1(O)c1ccc(Cl)cc1. The second-order valence-corrected chi connectivity index (χ2v) is 7.02. The number of aliphatic hydroxyl groups is 1. The third-order valence-corrected chi connectivity index (χ3v) is 4.63. The minimum absolute atomic E-state index is 0.0771. The van der Waals surface area contributed by atoms with Gasteiger partial charge < -0.3 is 5.11 Å².